The molecule has 30 heavy (non-hydrogen) atoms. The van der Waals surface area contributed by atoms with Crippen LogP contribution in [0.2, 0.25) is 0 Å². The van der Waals surface area contributed by atoms with Crippen LogP contribution in [0.1, 0.15) is 30.1 Å². The van der Waals surface area contributed by atoms with Crippen molar-refractivity contribution in [2.75, 3.05) is 27.9 Å². The van der Waals surface area contributed by atoms with E-state index in [1.54, 1.807) is 36.4 Å². The van der Waals surface area contributed by atoms with Gasteiger partial charge in [0, 0.05) is 11.1 Å². The number of methoxy groups -OCH3 is 3. The zero-order valence-electron chi connectivity index (χ0n) is 17.5. The lowest BCUT2D eigenvalue weighted by Gasteiger charge is -2.14. The minimum Gasteiger partial charge on any atom is -0.493 e. The third-order valence-electron chi connectivity index (χ3n) is 4.45. The molecule has 0 fully saturated rings. The van der Waals surface area contributed by atoms with E-state index in [9.17, 15) is 4.79 Å². The van der Waals surface area contributed by atoms with Crippen molar-refractivity contribution < 1.29 is 23.7 Å². The summed E-state index contributed by atoms with van der Waals surface area (Å²) in [5.74, 6) is 1.33. The Morgan fingerprint density at radius 1 is 1.00 bits per heavy atom. The van der Waals surface area contributed by atoms with Gasteiger partial charge in [-0.3, -0.25) is 4.79 Å². The minimum absolute atomic E-state index is 0.136. The lowest BCUT2D eigenvalue weighted by Crippen LogP contribution is -2.15. The average Bonchev–Trinajstić information content (AvgIpc) is 3.22. The molecule has 8 nitrogen and oxygen atoms in total. The summed E-state index contributed by atoms with van der Waals surface area (Å²) < 4.78 is 23.1. The number of carbonyl (C=O) groups is 1. The van der Waals surface area contributed by atoms with E-state index in [-0.39, 0.29) is 11.9 Å². The van der Waals surface area contributed by atoms with Gasteiger partial charge in [-0.05, 0) is 30.7 Å². The number of nitrogens with zero attached hydrogens (tertiary/aromatic N) is 3. The van der Waals surface area contributed by atoms with Crippen molar-refractivity contribution in [3.63, 3.8) is 0 Å². The summed E-state index contributed by atoms with van der Waals surface area (Å²) >= 11 is 0. The van der Waals surface area contributed by atoms with Gasteiger partial charge in [-0.1, -0.05) is 31.5 Å². The fraction of sp³-hybridized carbons (Fsp3) is 0.318. The van der Waals surface area contributed by atoms with Crippen molar-refractivity contribution in [1.82, 2.24) is 14.8 Å². The van der Waals surface area contributed by atoms with Crippen LogP contribution in [0.3, 0.4) is 0 Å². The molecule has 158 valence electrons. The summed E-state index contributed by atoms with van der Waals surface area (Å²) in [5.41, 5.74) is 1.06. The predicted octanol–water partition coefficient (Wildman–Crippen LogP) is 3.84. The molecule has 8 heteroatoms. The minimum atomic E-state index is -0.322. The second kappa shape index (κ2) is 9.78. The third kappa shape index (κ3) is 4.37. The molecule has 1 aromatic heterocycles. The van der Waals surface area contributed by atoms with E-state index < -0.39 is 0 Å². The number of ether oxygens (including phenoxy) is 4. The smallest absolute Gasteiger partial charge is 0.336 e. The van der Waals surface area contributed by atoms with Gasteiger partial charge in [0.2, 0.25) is 5.75 Å². The Balaban J connectivity index is 2.11. The summed E-state index contributed by atoms with van der Waals surface area (Å²) in [6.07, 6.45) is 1.84. The van der Waals surface area contributed by atoms with E-state index in [1.165, 1.54) is 26.0 Å². The van der Waals surface area contributed by atoms with Gasteiger partial charge in [-0.15, -0.1) is 5.10 Å². The number of hydrogen-bond acceptors (Lipinski definition) is 7. The summed E-state index contributed by atoms with van der Waals surface area (Å²) in [4.78, 5) is 17.6. The van der Waals surface area contributed by atoms with Crippen LogP contribution in [0.5, 0.6) is 23.3 Å². The molecule has 0 unspecified atom stereocenters. The van der Waals surface area contributed by atoms with Crippen LogP contribution in [0.25, 0.3) is 11.4 Å². The molecule has 0 aliphatic rings. The molecule has 0 radical (unpaired) electrons. The highest BCUT2D eigenvalue weighted by atomic mass is 16.5. The first-order valence-corrected chi connectivity index (χ1v) is 9.62. The summed E-state index contributed by atoms with van der Waals surface area (Å²) in [6, 6.07) is 12.4. The highest BCUT2D eigenvalue weighted by Gasteiger charge is 2.23. The zero-order chi connectivity index (χ0) is 21.5. The Hall–Kier alpha value is -3.55. The number of hydrogen-bond donors (Lipinski definition) is 0. The Bertz CT molecular complexity index is 976. The van der Waals surface area contributed by atoms with Gasteiger partial charge in [0.05, 0.1) is 27.9 Å². The maximum atomic E-state index is 13.1. The van der Waals surface area contributed by atoms with Crippen LogP contribution in [-0.2, 0) is 0 Å². The molecular formula is C22H25N3O5. The highest BCUT2D eigenvalue weighted by molar-refractivity contribution is 5.97. The normalized spacial score (nSPS) is 10.5. The lowest BCUT2D eigenvalue weighted by molar-refractivity contribution is 0.0944. The molecule has 3 rings (SSSR count). The predicted molar refractivity (Wildman–Crippen MR) is 112 cm³/mol. The molecule has 0 amide bonds. The second-order valence-electron chi connectivity index (χ2n) is 6.42. The molecule has 1 heterocycles. The van der Waals surface area contributed by atoms with Crippen LogP contribution in [0, 0.1) is 0 Å². The van der Waals surface area contributed by atoms with Crippen LogP contribution in [-0.4, -0.2) is 48.6 Å². The van der Waals surface area contributed by atoms with Gasteiger partial charge in [0.15, 0.2) is 17.3 Å². The van der Waals surface area contributed by atoms with E-state index in [4.69, 9.17) is 18.9 Å². The molecule has 0 spiro atoms. The zero-order valence-corrected chi connectivity index (χ0v) is 17.5. The fourth-order valence-electron chi connectivity index (χ4n) is 2.90. The number of aromatic nitrogens is 3. The molecule has 3 aromatic rings. The lowest BCUT2D eigenvalue weighted by atomic mass is 10.1. The average molecular weight is 411 g/mol. The molecule has 0 aliphatic heterocycles. The summed E-state index contributed by atoms with van der Waals surface area (Å²) in [6.45, 7) is 2.53. The van der Waals surface area contributed by atoms with Gasteiger partial charge in [-0.2, -0.15) is 9.67 Å². The van der Waals surface area contributed by atoms with Crippen molar-refractivity contribution in [3.8, 4) is 34.6 Å². The van der Waals surface area contributed by atoms with E-state index in [0.29, 0.717) is 40.8 Å². The first kappa shape index (κ1) is 21.2. The van der Waals surface area contributed by atoms with Crippen LogP contribution < -0.4 is 18.9 Å². The summed E-state index contributed by atoms with van der Waals surface area (Å²) in [5, 5.41) is 4.31. The number of carbonyl (C=O) groups excluding carboxylic acids is 1. The number of unbranched alkanes of at least 4 members (excludes halogenated alkanes) is 1. The standard InChI is InChI=1S/C22H25N3O5/c1-5-6-12-30-22-23-20(25(24-22)21(26)15-10-8-7-9-11-15)16-13-17(27-2)19(29-4)18(14-16)28-3/h7-11,13-14H,5-6,12H2,1-4H3. The van der Waals surface area contributed by atoms with E-state index in [2.05, 4.69) is 17.0 Å². The van der Waals surface area contributed by atoms with E-state index in [0.717, 1.165) is 12.8 Å². The summed E-state index contributed by atoms with van der Waals surface area (Å²) in [7, 11) is 4.58. The van der Waals surface area contributed by atoms with Gasteiger partial charge in [0.1, 0.15) is 0 Å². The fourth-order valence-corrected chi connectivity index (χ4v) is 2.90. The monoisotopic (exact) mass is 411 g/mol. The highest BCUT2D eigenvalue weighted by Crippen LogP contribution is 2.41. The van der Waals surface area contributed by atoms with E-state index in [1.807, 2.05) is 6.07 Å². The molecule has 0 saturated heterocycles. The van der Waals surface area contributed by atoms with Gasteiger partial charge in [0.25, 0.3) is 5.91 Å². The molecular weight excluding hydrogens is 386 g/mol. The topological polar surface area (TPSA) is 84.7 Å². The Labute approximate surface area is 175 Å². The molecule has 0 bridgehead atoms. The first-order chi connectivity index (χ1) is 14.6. The Kier molecular flexibility index (Phi) is 6.90. The van der Waals surface area contributed by atoms with Crippen LogP contribution >= 0.6 is 0 Å². The molecule has 0 aliphatic carbocycles. The third-order valence-corrected chi connectivity index (χ3v) is 4.45. The van der Waals surface area contributed by atoms with Gasteiger partial charge >= 0.3 is 6.01 Å². The largest absolute Gasteiger partial charge is 0.493 e. The maximum absolute atomic E-state index is 13.1. The number of rotatable bonds is 9. The van der Waals surface area contributed by atoms with Crippen molar-refractivity contribution in [2.45, 2.75) is 19.8 Å². The van der Waals surface area contributed by atoms with Crippen molar-refractivity contribution in [3.05, 3.63) is 48.0 Å². The quantitative estimate of drug-likeness (QED) is 0.495. The van der Waals surface area contributed by atoms with Crippen LogP contribution in [0.4, 0.5) is 0 Å². The second-order valence-corrected chi connectivity index (χ2v) is 6.42. The Morgan fingerprint density at radius 3 is 2.23 bits per heavy atom. The van der Waals surface area contributed by atoms with Crippen molar-refractivity contribution in [2.24, 2.45) is 0 Å². The van der Waals surface area contributed by atoms with Gasteiger partial charge in [-0.25, -0.2) is 0 Å². The number of benzene rings is 2. The van der Waals surface area contributed by atoms with Crippen molar-refractivity contribution >= 4 is 5.91 Å². The maximum Gasteiger partial charge on any atom is 0.336 e. The van der Waals surface area contributed by atoms with E-state index >= 15 is 0 Å². The van der Waals surface area contributed by atoms with Crippen molar-refractivity contribution in [1.29, 1.82) is 0 Å². The Morgan fingerprint density at radius 2 is 1.67 bits per heavy atom. The molecule has 0 atom stereocenters. The molecule has 2 aromatic carbocycles. The van der Waals surface area contributed by atoms with Gasteiger partial charge < -0.3 is 18.9 Å². The first-order valence-electron chi connectivity index (χ1n) is 9.62. The van der Waals surface area contributed by atoms with Crippen LogP contribution in [0.15, 0.2) is 42.5 Å². The SMILES string of the molecule is CCCCOc1nc(-c2cc(OC)c(OC)c(OC)c2)n(C(=O)c2ccccc2)n1. The molecule has 0 N–H and O–H groups in total. The molecule has 0 saturated carbocycles.